The molecule has 0 aliphatic heterocycles. The van der Waals surface area contributed by atoms with E-state index in [0.717, 1.165) is 77.0 Å². The Morgan fingerprint density at radius 2 is 0.548 bits per heavy atom. The molecule has 0 aliphatic rings. The highest BCUT2D eigenvalue weighted by Crippen LogP contribution is 2.17. The quantitative estimate of drug-likeness (QED) is 0.0261. The second kappa shape index (κ2) is 61.4. The smallest absolute Gasteiger partial charge is 0.306 e. The van der Waals surface area contributed by atoms with E-state index in [-0.39, 0.29) is 37.5 Å². The molecule has 0 aromatic heterocycles. The highest BCUT2D eigenvalue weighted by molar-refractivity contribution is 5.71. The summed E-state index contributed by atoms with van der Waals surface area (Å²) < 4.78 is 16.9. The average Bonchev–Trinajstić information content (AvgIpc) is 3.39. The molecule has 0 bridgehead atoms. The molecular weight excluding hydrogens is 901 g/mol. The van der Waals surface area contributed by atoms with Crippen LogP contribution in [0.4, 0.5) is 0 Å². The third-order valence-corrected chi connectivity index (χ3v) is 13.7. The van der Waals surface area contributed by atoms with Crippen molar-refractivity contribution in [1.82, 2.24) is 0 Å². The zero-order valence-electron chi connectivity index (χ0n) is 48.4. The summed E-state index contributed by atoms with van der Waals surface area (Å²) in [5, 5.41) is 0. The molecule has 0 saturated carbocycles. The largest absolute Gasteiger partial charge is 0.462 e. The molecule has 0 aromatic rings. The highest BCUT2D eigenvalue weighted by atomic mass is 16.6. The lowest BCUT2D eigenvalue weighted by atomic mass is 10.0. The van der Waals surface area contributed by atoms with Gasteiger partial charge in [-0.15, -0.1) is 0 Å². The first kappa shape index (κ1) is 69.8. The van der Waals surface area contributed by atoms with Crippen LogP contribution in [-0.4, -0.2) is 37.2 Å². The Kier molecular flexibility index (Phi) is 58.7. The molecule has 1 atom stereocenters. The summed E-state index contributed by atoms with van der Waals surface area (Å²) in [6.45, 7) is 6.52. The molecular formula is C67H118O6. The van der Waals surface area contributed by atoms with Crippen molar-refractivity contribution < 1.29 is 28.6 Å². The number of ether oxygens (including phenoxy) is 3. The van der Waals surface area contributed by atoms with E-state index in [1.807, 2.05) is 0 Å². The van der Waals surface area contributed by atoms with E-state index in [1.54, 1.807) is 0 Å². The van der Waals surface area contributed by atoms with E-state index < -0.39 is 6.10 Å². The molecule has 0 radical (unpaired) electrons. The van der Waals surface area contributed by atoms with E-state index in [0.29, 0.717) is 19.3 Å². The molecule has 6 nitrogen and oxygen atoms in total. The van der Waals surface area contributed by atoms with Gasteiger partial charge in [0.05, 0.1) is 0 Å². The summed E-state index contributed by atoms with van der Waals surface area (Å²) in [6.07, 6.45) is 79.1. The fourth-order valence-electron chi connectivity index (χ4n) is 9.00. The lowest BCUT2D eigenvalue weighted by Crippen LogP contribution is -2.30. The molecule has 6 heteroatoms. The van der Waals surface area contributed by atoms with Gasteiger partial charge in [-0.05, 0) is 83.5 Å². The van der Waals surface area contributed by atoms with Crippen LogP contribution in [0.1, 0.15) is 316 Å². The van der Waals surface area contributed by atoms with Gasteiger partial charge in [-0.2, -0.15) is 0 Å². The van der Waals surface area contributed by atoms with E-state index >= 15 is 0 Å². The van der Waals surface area contributed by atoms with Gasteiger partial charge < -0.3 is 14.2 Å². The van der Waals surface area contributed by atoms with Crippen molar-refractivity contribution in [3.8, 4) is 0 Å². The number of hydrogen-bond acceptors (Lipinski definition) is 6. The van der Waals surface area contributed by atoms with Crippen molar-refractivity contribution in [1.29, 1.82) is 0 Å². The van der Waals surface area contributed by atoms with Crippen molar-refractivity contribution in [3.63, 3.8) is 0 Å². The van der Waals surface area contributed by atoms with Gasteiger partial charge in [0.1, 0.15) is 13.2 Å². The van der Waals surface area contributed by atoms with E-state index in [4.69, 9.17) is 14.2 Å². The number of hydrogen-bond donors (Lipinski definition) is 0. The van der Waals surface area contributed by atoms with Crippen LogP contribution in [0.3, 0.4) is 0 Å². The summed E-state index contributed by atoms with van der Waals surface area (Å²) in [7, 11) is 0. The van der Waals surface area contributed by atoms with Crippen molar-refractivity contribution in [2.24, 2.45) is 0 Å². The van der Waals surface area contributed by atoms with Crippen molar-refractivity contribution >= 4 is 17.9 Å². The van der Waals surface area contributed by atoms with Gasteiger partial charge in [0, 0.05) is 19.3 Å². The Morgan fingerprint density at radius 1 is 0.288 bits per heavy atom. The molecule has 0 aliphatic carbocycles. The topological polar surface area (TPSA) is 78.9 Å². The minimum atomic E-state index is -0.797. The average molecular weight is 1020 g/mol. The lowest BCUT2D eigenvalue weighted by molar-refractivity contribution is -0.167. The third-order valence-electron chi connectivity index (χ3n) is 13.7. The molecule has 0 amide bonds. The normalized spacial score (nSPS) is 12.5. The van der Waals surface area contributed by atoms with Crippen molar-refractivity contribution in [3.05, 3.63) is 72.9 Å². The Hall–Kier alpha value is -3.15. The van der Waals surface area contributed by atoms with Gasteiger partial charge in [-0.1, -0.05) is 286 Å². The maximum Gasteiger partial charge on any atom is 0.306 e. The van der Waals surface area contributed by atoms with Gasteiger partial charge in [0.15, 0.2) is 6.10 Å². The standard InChI is InChI=1S/C67H118O6/c1-4-7-10-13-16-19-22-25-28-31-33-36-39-42-45-48-51-54-57-60-66(69)72-63-64(62-71-65(68)59-56-53-50-47-44-41-38-35-30-27-24-21-18-15-12-9-6-3)73-67(70)61-58-55-52-49-46-43-40-37-34-32-29-26-23-20-17-14-11-8-5-2/h7,10,16,19,25,27-28,30,38,41,47,50,64H,4-6,8-9,11-15,17-18,20-24,26,29,31-37,39-40,42-46,48-49,51-63H2,1-3H3/b10-7-,19-16-,28-25-,30-27-,41-38-,50-47-. The number of allylic oxidation sites excluding steroid dienone is 12. The first-order valence-electron chi connectivity index (χ1n) is 31.4. The maximum absolute atomic E-state index is 12.9. The monoisotopic (exact) mass is 1020 g/mol. The van der Waals surface area contributed by atoms with Crippen LogP contribution in [0.25, 0.3) is 0 Å². The van der Waals surface area contributed by atoms with Gasteiger partial charge in [0.25, 0.3) is 0 Å². The van der Waals surface area contributed by atoms with Gasteiger partial charge in [-0.3, -0.25) is 14.4 Å². The molecule has 0 saturated heterocycles. The predicted octanol–water partition coefficient (Wildman–Crippen LogP) is 21.3. The zero-order valence-corrected chi connectivity index (χ0v) is 48.4. The SMILES string of the molecule is CC/C=C\C/C=C\C/C=C\CCCCCCCCCCCC(=O)OCC(COC(=O)CCC/C=C\C/C=C\C/C=C\CCCCCCCC)OC(=O)CCCCCCCCCCCCCCCCCCCCC. The Bertz CT molecular complexity index is 1360. The molecule has 73 heavy (non-hydrogen) atoms. The lowest BCUT2D eigenvalue weighted by Gasteiger charge is -2.18. The molecule has 0 spiro atoms. The van der Waals surface area contributed by atoms with Crippen LogP contribution < -0.4 is 0 Å². The van der Waals surface area contributed by atoms with Crippen molar-refractivity contribution in [2.75, 3.05) is 13.2 Å². The van der Waals surface area contributed by atoms with Crippen molar-refractivity contribution in [2.45, 2.75) is 322 Å². The molecule has 0 fully saturated rings. The molecule has 422 valence electrons. The molecule has 0 N–H and O–H groups in total. The third kappa shape index (κ3) is 59.6. The fourth-order valence-corrected chi connectivity index (χ4v) is 9.00. The first-order chi connectivity index (χ1) is 36.0. The minimum Gasteiger partial charge on any atom is -0.462 e. The number of carbonyl (C=O) groups excluding carboxylic acids is 3. The second-order valence-corrected chi connectivity index (χ2v) is 20.9. The Balaban J connectivity index is 4.42. The predicted molar refractivity (Wildman–Crippen MR) is 316 cm³/mol. The summed E-state index contributed by atoms with van der Waals surface area (Å²) >= 11 is 0. The summed E-state index contributed by atoms with van der Waals surface area (Å²) in [6, 6.07) is 0. The van der Waals surface area contributed by atoms with E-state index in [2.05, 4.69) is 93.7 Å². The molecule has 0 heterocycles. The maximum atomic E-state index is 12.9. The Labute approximate surface area is 453 Å². The van der Waals surface area contributed by atoms with Crippen LogP contribution >= 0.6 is 0 Å². The van der Waals surface area contributed by atoms with Crippen LogP contribution in [0.15, 0.2) is 72.9 Å². The number of carbonyl (C=O) groups is 3. The summed E-state index contributed by atoms with van der Waals surface area (Å²) in [5.74, 6) is -0.935. The first-order valence-corrected chi connectivity index (χ1v) is 31.4. The second-order valence-electron chi connectivity index (χ2n) is 20.9. The highest BCUT2D eigenvalue weighted by Gasteiger charge is 2.19. The molecule has 0 rings (SSSR count). The summed E-state index contributed by atoms with van der Waals surface area (Å²) in [4.78, 5) is 38.3. The number of rotatable bonds is 57. The number of esters is 3. The Morgan fingerprint density at radius 3 is 0.890 bits per heavy atom. The van der Waals surface area contributed by atoms with Crippen LogP contribution in [-0.2, 0) is 28.6 Å². The molecule has 0 aromatic carbocycles. The number of unbranched alkanes of at least 4 members (excludes halogenated alkanes) is 34. The van der Waals surface area contributed by atoms with Gasteiger partial charge in [0.2, 0.25) is 0 Å². The zero-order chi connectivity index (χ0) is 52.9. The summed E-state index contributed by atoms with van der Waals surface area (Å²) in [5.41, 5.74) is 0. The molecule has 1 unspecified atom stereocenters. The van der Waals surface area contributed by atoms with E-state index in [9.17, 15) is 14.4 Å². The fraction of sp³-hybridized carbons (Fsp3) is 0.776. The minimum absolute atomic E-state index is 0.0913. The van der Waals surface area contributed by atoms with Crippen LogP contribution in [0.2, 0.25) is 0 Å². The van der Waals surface area contributed by atoms with Gasteiger partial charge >= 0.3 is 17.9 Å². The van der Waals surface area contributed by atoms with Gasteiger partial charge in [-0.25, -0.2) is 0 Å². The van der Waals surface area contributed by atoms with Crippen LogP contribution in [0.5, 0.6) is 0 Å². The van der Waals surface area contributed by atoms with Crippen LogP contribution in [0, 0.1) is 0 Å². The van der Waals surface area contributed by atoms with E-state index in [1.165, 1.54) is 193 Å².